The van der Waals surface area contributed by atoms with Crippen LogP contribution < -0.4 is 22.1 Å². The summed E-state index contributed by atoms with van der Waals surface area (Å²) in [6, 6.07) is 0. The van der Waals surface area contributed by atoms with E-state index in [2.05, 4.69) is 38.3 Å². The zero-order valence-electron chi connectivity index (χ0n) is 17.3. The van der Waals surface area contributed by atoms with Crippen molar-refractivity contribution in [2.75, 3.05) is 39.3 Å². The molecule has 0 rings (SSSR count). The minimum Gasteiger partial charge on any atom is -0.390 e. The van der Waals surface area contributed by atoms with Crippen molar-refractivity contribution in [1.29, 1.82) is 0 Å². The summed E-state index contributed by atoms with van der Waals surface area (Å²) in [5, 5.41) is 17.0. The van der Waals surface area contributed by atoms with Gasteiger partial charge in [0.25, 0.3) is 0 Å². The van der Waals surface area contributed by atoms with Gasteiger partial charge in [0.1, 0.15) is 0 Å². The van der Waals surface area contributed by atoms with Crippen LogP contribution in [-0.2, 0) is 0 Å². The molecule has 5 nitrogen and oxygen atoms in total. The number of aliphatic hydroxyl groups excluding tert-OH is 1. The van der Waals surface area contributed by atoms with E-state index < -0.39 is 0 Å². The average molecular weight is 359 g/mol. The van der Waals surface area contributed by atoms with Gasteiger partial charge in [0.2, 0.25) is 0 Å². The molecule has 0 aliphatic carbocycles. The summed E-state index contributed by atoms with van der Waals surface area (Å²) in [4.78, 5) is 0. The van der Waals surface area contributed by atoms with Gasteiger partial charge in [-0.15, -0.1) is 0 Å². The summed E-state index contributed by atoms with van der Waals surface area (Å²) >= 11 is 0. The Hall–Kier alpha value is -0.200. The Kier molecular flexibility index (Phi) is 15.9. The van der Waals surface area contributed by atoms with Crippen molar-refractivity contribution < 1.29 is 5.11 Å². The van der Waals surface area contributed by atoms with Gasteiger partial charge in [-0.1, -0.05) is 47.0 Å². The van der Waals surface area contributed by atoms with Gasteiger partial charge in [-0.2, -0.15) is 0 Å². The van der Waals surface area contributed by atoms with E-state index in [4.69, 9.17) is 11.5 Å². The molecule has 25 heavy (non-hydrogen) atoms. The van der Waals surface area contributed by atoms with Crippen LogP contribution in [0.4, 0.5) is 0 Å². The van der Waals surface area contributed by atoms with Gasteiger partial charge >= 0.3 is 0 Å². The van der Waals surface area contributed by atoms with Crippen LogP contribution in [0.3, 0.4) is 0 Å². The summed E-state index contributed by atoms with van der Waals surface area (Å²) in [7, 11) is 0. The van der Waals surface area contributed by atoms with Crippen molar-refractivity contribution in [2.45, 2.75) is 65.9 Å². The van der Waals surface area contributed by atoms with Crippen LogP contribution in [0.15, 0.2) is 0 Å². The maximum absolute atomic E-state index is 10.1. The summed E-state index contributed by atoms with van der Waals surface area (Å²) in [5.74, 6) is 2.49. The molecule has 0 radical (unpaired) electrons. The fourth-order valence-electron chi connectivity index (χ4n) is 3.40. The molecule has 7 N–H and O–H groups in total. The first-order valence-electron chi connectivity index (χ1n) is 10.5. The van der Waals surface area contributed by atoms with E-state index in [1.54, 1.807) is 0 Å². The summed E-state index contributed by atoms with van der Waals surface area (Å²) in [6.07, 6.45) is 5.47. The fourth-order valence-corrected chi connectivity index (χ4v) is 3.40. The second kappa shape index (κ2) is 16.0. The van der Waals surface area contributed by atoms with Crippen LogP contribution in [-0.4, -0.2) is 50.5 Å². The maximum Gasteiger partial charge on any atom is 0.0788 e. The fraction of sp³-hybridized carbons (Fsp3) is 1.00. The standard InChI is InChI=1S/C20H46N4O/c1-5-17(10-21)8-16(4)12-23-14-20(25)15-24-13-19(7-3)9-18(6-2)11-22/h16-20,23-25H,5-15,21-22H2,1-4H3/t16-,17-,18+,19+,20-/m0/s1. The van der Waals surface area contributed by atoms with Crippen molar-refractivity contribution >= 4 is 0 Å². The Labute approximate surface area is 156 Å². The summed E-state index contributed by atoms with van der Waals surface area (Å²) in [5.41, 5.74) is 11.6. The number of hydrogen-bond donors (Lipinski definition) is 5. The summed E-state index contributed by atoms with van der Waals surface area (Å²) in [6.45, 7) is 13.7. The molecule has 0 unspecified atom stereocenters. The molecule has 0 aromatic rings. The van der Waals surface area contributed by atoms with Gasteiger partial charge < -0.3 is 27.2 Å². The molecular formula is C20H46N4O. The molecule has 0 aromatic carbocycles. The quantitative estimate of drug-likeness (QED) is 0.274. The Morgan fingerprint density at radius 3 is 1.68 bits per heavy atom. The van der Waals surface area contributed by atoms with E-state index in [9.17, 15) is 5.11 Å². The van der Waals surface area contributed by atoms with Crippen molar-refractivity contribution in [3.05, 3.63) is 0 Å². The van der Waals surface area contributed by atoms with Gasteiger partial charge in [-0.25, -0.2) is 0 Å². The van der Waals surface area contributed by atoms with E-state index in [0.29, 0.717) is 36.8 Å². The second-order valence-corrected chi connectivity index (χ2v) is 7.84. The first-order valence-corrected chi connectivity index (χ1v) is 10.5. The first-order chi connectivity index (χ1) is 12.0. The molecule has 0 fully saturated rings. The number of rotatable bonds is 17. The summed E-state index contributed by atoms with van der Waals surface area (Å²) < 4.78 is 0. The lowest BCUT2D eigenvalue weighted by Crippen LogP contribution is -2.39. The van der Waals surface area contributed by atoms with E-state index >= 15 is 0 Å². The van der Waals surface area contributed by atoms with Crippen LogP contribution >= 0.6 is 0 Å². The third-order valence-electron chi connectivity index (χ3n) is 5.49. The molecule has 0 amide bonds. The van der Waals surface area contributed by atoms with Crippen molar-refractivity contribution in [3.8, 4) is 0 Å². The number of nitrogens with one attached hydrogen (secondary N) is 2. The Morgan fingerprint density at radius 1 is 0.720 bits per heavy atom. The SMILES string of the molecule is CC[C@H](CN)C[C@H](C)CNC[C@H](O)CNC[C@H](CC)C[C@@H](CC)CN. The molecule has 0 aliphatic heterocycles. The topological polar surface area (TPSA) is 96.3 Å². The number of aliphatic hydroxyl groups is 1. The smallest absolute Gasteiger partial charge is 0.0788 e. The Morgan fingerprint density at radius 2 is 1.20 bits per heavy atom. The van der Waals surface area contributed by atoms with Crippen LogP contribution in [0.5, 0.6) is 0 Å². The van der Waals surface area contributed by atoms with Crippen LogP contribution in [0.1, 0.15) is 59.8 Å². The van der Waals surface area contributed by atoms with Gasteiger partial charge in [-0.05, 0) is 62.7 Å². The minimum absolute atomic E-state index is 0.335. The molecule has 0 aromatic heterocycles. The lowest BCUT2D eigenvalue weighted by molar-refractivity contribution is 0.163. The molecule has 0 heterocycles. The molecule has 5 heteroatoms. The molecule has 0 saturated carbocycles. The highest BCUT2D eigenvalue weighted by Crippen LogP contribution is 2.17. The Bertz CT molecular complexity index is 283. The minimum atomic E-state index is -0.335. The number of hydrogen-bond acceptors (Lipinski definition) is 5. The van der Waals surface area contributed by atoms with Gasteiger partial charge in [-0.3, -0.25) is 0 Å². The second-order valence-electron chi connectivity index (χ2n) is 7.84. The zero-order chi connectivity index (χ0) is 19.1. The van der Waals surface area contributed by atoms with Crippen molar-refractivity contribution in [2.24, 2.45) is 35.1 Å². The molecule has 0 saturated heterocycles. The zero-order valence-corrected chi connectivity index (χ0v) is 17.3. The normalized spacial score (nSPS) is 17.9. The van der Waals surface area contributed by atoms with E-state index in [0.717, 1.165) is 51.9 Å². The monoisotopic (exact) mass is 358 g/mol. The highest BCUT2D eigenvalue weighted by atomic mass is 16.3. The highest BCUT2D eigenvalue weighted by Gasteiger charge is 2.14. The highest BCUT2D eigenvalue weighted by molar-refractivity contribution is 4.71. The van der Waals surface area contributed by atoms with Gasteiger partial charge in [0.15, 0.2) is 0 Å². The maximum atomic E-state index is 10.1. The van der Waals surface area contributed by atoms with Gasteiger partial charge in [0, 0.05) is 13.1 Å². The lowest BCUT2D eigenvalue weighted by Gasteiger charge is -2.22. The Balaban J connectivity index is 3.83. The van der Waals surface area contributed by atoms with E-state index in [1.807, 2.05) is 0 Å². The predicted octanol–water partition coefficient (Wildman–Crippen LogP) is 1.94. The van der Waals surface area contributed by atoms with Crippen LogP contribution in [0, 0.1) is 23.7 Å². The van der Waals surface area contributed by atoms with E-state index in [-0.39, 0.29) is 6.10 Å². The molecule has 0 bridgehead atoms. The lowest BCUT2D eigenvalue weighted by atomic mass is 9.91. The third-order valence-corrected chi connectivity index (χ3v) is 5.49. The average Bonchev–Trinajstić information content (AvgIpc) is 2.62. The largest absolute Gasteiger partial charge is 0.390 e. The number of nitrogens with two attached hydrogens (primary N) is 2. The molecule has 152 valence electrons. The molecule has 5 atom stereocenters. The van der Waals surface area contributed by atoms with E-state index in [1.165, 1.54) is 6.42 Å². The first kappa shape index (κ1) is 24.8. The van der Waals surface area contributed by atoms with Crippen LogP contribution in [0.2, 0.25) is 0 Å². The molecule has 0 spiro atoms. The van der Waals surface area contributed by atoms with Crippen molar-refractivity contribution in [3.63, 3.8) is 0 Å². The van der Waals surface area contributed by atoms with Gasteiger partial charge in [0.05, 0.1) is 6.10 Å². The van der Waals surface area contributed by atoms with Crippen molar-refractivity contribution in [1.82, 2.24) is 10.6 Å². The predicted molar refractivity (Wildman–Crippen MR) is 110 cm³/mol. The molecular weight excluding hydrogens is 312 g/mol. The van der Waals surface area contributed by atoms with Crippen LogP contribution in [0.25, 0.3) is 0 Å². The third kappa shape index (κ3) is 12.7. The molecule has 0 aliphatic rings.